The van der Waals surface area contributed by atoms with Gasteiger partial charge >= 0.3 is 6.18 Å². The van der Waals surface area contributed by atoms with Crippen LogP contribution in [0.25, 0.3) is 0 Å². The van der Waals surface area contributed by atoms with Gasteiger partial charge < -0.3 is 20.9 Å². The molecule has 0 radical (unpaired) electrons. The van der Waals surface area contributed by atoms with E-state index in [1.807, 2.05) is 23.1 Å². The number of hydrogen-bond donors (Lipinski definition) is 2. The Kier molecular flexibility index (Phi) is 9.11. The van der Waals surface area contributed by atoms with Gasteiger partial charge in [-0.1, -0.05) is 29.8 Å². The van der Waals surface area contributed by atoms with Crippen molar-refractivity contribution < 1.29 is 17.9 Å². The van der Waals surface area contributed by atoms with Crippen LogP contribution in [0.2, 0.25) is 5.15 Å². The average molecular weight is 539 g/mol. The molecule has 0 aliphatic heterocycles. The van der Waals surface area contributed by atoms with E-state index in [1.165, 1.54) is 6.07 Å². The first-order chi connectivity index (χ1) is 17.1. The number of benzene rings is 1. The van der Waals surface area contributed by atoms with Gasteiger partial charge in [0, 0.05) is 37.3 Å². The van der Waals surface area contributed by atoms with Crippen molar-refractivity contribution >= 4 is 34.7 Å². The van der Waals surface area contributed by atoms with Crippen LogP contribution in [0.15, 0.2) is 66.0 Å². The van der Waals surface area contributed by atoms with Gasteiger partial charge in [0.2, 0.25) is 5.88 Å². The molecular formula is C24H23Cl2F3N6O. The van der Waals surface area contributed by atoms with E-state index in [-0.39, 0.29) is 11.6 Å². The van der Waals surface area contributed by atoms with Gasteiger partial charge in [0.15, 0.2) is 0 Å². The van der Waals surface area contributed by atoms with Crippen molar-refractivity contribution in [2.45, 2.75) is 31.4 Å². The van der Waals surface area contributed by atoms with Crippen molar-refractivity contribution in [2.24, 2.45) is 10.9 Å². The molecule has 2 aromatic heterocycles. The topological polar surface area (TPSA) is 100 Å². The molecule has 2 heterocycles. The van der Waals surface area contributed by atoms with E-state index < -0.39 is 17.1 Å². The number of hydrazone groups is 1. The highest BCUT2D eigenvalue weighted by molar-refractivity contribution is 6.42. The Morgan fingerprint density at radius 1 is 1.08 bits per heavy atom. The maximum atomic E-state index is 12.7. The van der Waals surface area contributed by atoms with Crippen LogP contribution >= 0.6 is 23.2 Å². The lowest BCUT2D eigenvalue weighted by Gasteiger charge is -2.28. The lowest BCUT2D eigenvalue weighted by atomic mass is 10.1. The molecular weight excluding hydrogens is 516 g/mol. The van der Waals surface area contributed by atoms with Crippen molar-refractivity contribution in [3.63, 3.8) is 0 Å². The fourth-order valence-electron chi connectivity index (χ4n) is 3.21. The number of aromatic nitrogens is 2. The molecule has 190 valence electrons. The predicted octanol–water partition coefficient (Wildman–Crippen LogP) is 5.91. The quantitative estimate of drug-likeness (QED) is 0.0880. The Balaban J connectivity index is 1.68. The first kappa shape index (κ1) is 27.2. The molecule has 12 heteroatoms. The number of alkyl halides is 4. The summed E-state index contributed by atoms with van der Waals surface area (Å²) in [4.78, 5) is 9.68. The number of rotatable bonds is 9. The molecule has 3 N–H and O–H groups in total. The highest BCUT2D eigenvalue weighted by Crippen LogP contribution is 2.30. The molecule has 0 aliphatic rings. The first-order valence-corrected chi connectivity index (χ1v) is 11.5. The summed E-state index contributed by atoms with van der Waals surface area (Å²) in [6.07, 6.45) is -1.50. The van der Waals surface area contributed by atoms with Crippen LogP contribution in [0, 0.1) is 5.41 Å². The lowest BCUT2D eigenvalue weighted by Crippen LogP contribution is -2.41. The van der Waals surface area contributed by atoms with E-state index in [0.29, 0.717) is 36.2 Å². The molecule has 0 spiro atoms. The Bertz CT molecular complexity index is 1190. The van der Waals surface area contributed by atoms with Crippen molar-refractivity contribution in [3.8, 4) is 11.6 Å². The van der Waals surface area contributed by atoms with E-state index in [2.05, 4.69) is 15.1 Å². The fourth-order valence-corrected chi connectivity index (χ4v) is 3.52. The van der Waals surface area contributed by atoms with Crippen molar-refractivity contribution in [1.29, 1.82) is 5.41 Å². The Morgan fingerprint density at radius 2 is 1.78 bits per heavy atom. The Labute approximate surface area is 216 Å². The van der Waals surface area contributed by atoms with E-state index >= 15 is 0 Å². The maximum Gasteiger partial charge on any atom is 0.417 e. The molecule has 3 aromatic rings. The van der Waals surface area contributed by atoms with Crippen LogP contribution in [0.3, 0.4) is 0 Å². The molecule has 0 aliphatic carbocycles. The number of nitrogens with two attached hydrogens (primary N) is 1. The molecule has 0 saturated carbocycles. The summed E-state index contributed by atoms with van der Waals surface area (Å²) in [7, 11) is 0. The number of pyridine rings is 2. The average Bonchev–Trinajstić information content (AvgIpc) is 2.84. The largest absolute Gasteiger partial charge is 0.439 e. The van der Waals surface area contributed by atoms with Crippen molar-refractivity contribution in [2.75, 3.05) is 6.54 Å². The second-order valence-electron chi connectivity index (χ2n) is 7.82. The zero-order valence-electron chi connectivity index (χ0n) is 19.1. The standard InChI is InChI=1S/C24H23Cl2F3N6O/c1-15(30)22(26)23(34-31)35(14-17-4-8-20(25)32-12-17)11-10-16-2-6-19(7-3-16)36-21-9-5-18(13-33-21)24(27,28)29/h2-9,12-13,22,30H,10-11,14,31H2,1H3/b30-15?,34-23-. The summed E-state index contributed by atoms with van der Waals surface area (Å²) < 4.78 is 43.6. The minimum atomic E-state index is -4.46. The van der Waals surface area contributed by atoms with Crippen LogP contribution in [0.1, 0.15) is 23.6 Å². The third kappa shape index (κ3) is 7.56. The third-order valence-corrected chi connectivity index (χ3v) is 5.85. The Hall–Kier alpha value is -3.37. The van der Waals surface area contributed by atoms with Crippen LogP contribution in [-0.2, 0) is 19.1 Å². The first-order valence-electron chi connectivity index (χ1n) is 10.7. The highest BCUT2D eigenvalue weighted by Gasteiger charge is 2.30. The van der Waals surface area contributed by atoms with Crippen LogP contribution < -0.4 is 10.6 Å². The number of hydrogen-bond acceptors (Lipinski definition) is 6. The van der Waals surface area contributed by atoms with Crippen LogP contribution in [0.5, 0.6) is 11.6 Å². The molecule has 0 fully saturated rings. The summed E-state index contributed by atoms with van der Waals surface area (Å²) in [6.45, 7) is 2.46. The van der Waals surface area contributed by atoms with Gasteiger partial charge in [-0.25, -0.2) is 9.97 Å². The second-order valence-corrected chi connectivity index (χ2v) is 8.65. The van der Waals surface area contributed by atoms with E-state index in [1.54, 1.807) is 31.3 Å². The number of nitrogens with zero attached hydrogens (tertiary/aromatic N) is 4. The molecule has 0 amide bonds. The lowest BCUT2D eigenvalue weighted by molar-refractivity contribution is -0.137. The summed E-state index contributed by atoms with van der Waals surface area (Å²) in [5.41, 5.74) is 1.18. The van der Waals surface area contributed by atoms with E-state index in [4.69, 9.17) is 39.2 Å². The summed E-state index contributed by atoms with van der Waals surface area (Å²) in [5, 5.41) is 11.3. The Morgan fingerprint density at radius 3 is 2.31 bits per heavy atom. The smallest absolute Gasteiger partial charge is 0.417 e. The van der Waals surface area contributed by atoms with Crippen molar-refractivity contribution in [1.82, 2.24) is 14.9 Å². The summed E-state index contributed by atoms with van der Waals surface area (Å²) in [6, 6.07) is 12.7. The molecule has 1 unspecified atom stereocenters. The van der Waals surface area contributed by atoms with Gasteiger partial charge in [-0.05, 0) is 48.7 Å². The number of nitrogens with one attached hydrogen (secondary N) is 1. The van der Waals surface area contributed by atoms with Gasteiger partial charge in [0.25, 0.3) is 0 Å². The van der Waals surface area contributed by atoms with Crippen molar-refractivity contribution in [3.05, 3.63) is 82.8 Å². The maximum absolute atomic E-state index is 12.7. The summed E-state index contributed by atoms with van der Waals surface area (Å²) in [5.74, 6) is 6.47. The number of amidine groups is 1. The minimum Gasteiger partial charge on any atom is -0.439 e. The van der Waals surface area contributed by atoms with Crippen LogP contribution in [-0.4, -0.2) is 38.3 Å². The highest BCUT2D eigenvalue weighted by atomic mass is 35.5. The zero-order chi connectivity index (χ0) is 26.3. The van der Waals surface area contributed by atoms with Gasteiger partial charge in [0.1, 0.15) is 22.1 Å². The number of ether oxygens (including phenoxy) is 1. The van der Waals surface area contributed by atoms with Gasteiger partial charge in [-0.2, -0.15) is 18.3 Å². The number of halogens is 5. The van der Waals surface area contributed by atoms with Gasteiger partial charge in [0.05, 0.1) is 5.56 Å². The molecule has 3 rings (SSSR count). The SMILES string of the molecule is CC(=N)C(Cl)/C(=N/N)N(CCc1ccc(Oc2ccc(C(F)(F)F)cn2)cc1)Cc1ccc(Cl)nc1. The van der Waals surface area contributed by atoms with E-state index in [0.717, 1.165) is 23.4 Å². The normalized spacial score (nSPS) is 12.8. The monoisotopic (exact) mass is 538 g/mol. The van der Waals surface area contributed by atoms with Gasteiger partial charge in [-0.3, -0.25) is 0 Å². The van der Waals surface area contributed by atoms with Crippen LogP contribution in [0.4, 0.5) is 13.2 Å². The fraction of sp³-hybridized carbons (Fsp3) is 0.250. The predicted molar refractivity (Wildman–Crippen MR) is 134 cm³/mol. The molecule has 0 bridgehead atoms. The molecule has 0 saturated heterocycles. The molecule has 1 atom stereocenters. The third-order valence-electron chi connectivity index (χ3n) is 5.11. The zero-order valence-corrected chi connectivity index (χ0v) is 20.6. The molecule has 7 nitrogen and oxygen atoms in total. The van der Waals surface area contributed by atoms with Gasteiger partial charge in [-0.15, -0.1) is 11.6 Å². The summed E-state index contributed by atoms with van der Waals surface area (Å²) >= 11 is 12.3. The second kappa shape index (κ2) is 12.0. The minimum absolute atomic E-state index is 0.0532. The van der Waals surface area contributed by atoms with E-state index in [9.17, 15) is 13.2 Å². The molecule has 1 aromatic carbocycles. The molecule has 36 heavy (non-hydrogen) atoms.